The van der Waals surface area contributed by atoms with Crippen molar-refractivity contribution < 1.29 is 18.7 Å². The van der Waals surface area contributed by atoms with Gasteiger partial charge in [0, 0.05) is 11.5 Å². The molecule has 1 aromatic heterocycles. The highest BCUT2D eigenvalue weighted by molar-refractivity contribution is 5.84. The van der Waals surface area contributed by atoms with E-state index in [0.29, 0.717) is 29.1 Å². The Balaban J connectivity index is 1.86. The number of esters is 1. The van der Waals surface area contributed by atoms with Crippen molar-refractivity contribution in [2.75, 3.05) is 7.11 Å². The molecule has 0 amide bonds. The average Bonchev–Trinajstić information content (AvgIpc) is 2.64. The van der Waals surface area contributed by atoms with Crippen molar-refractivity contribution >= 4 is 16.9 Å². The standard InChI is InChI=1S/C21H20O5/c1-13-4-6-15(7-5-13)12-25-16-8-9-17-14(2)18(11-20(22)24-3)21(23)26-19(17)10-16/h4-10H,11-12H2,1-3H3. The second-order valence-electron chi connectivity index (χ2n) is 6.18. The van der Waals surface area contributed by atoms with Gasteiger partial charge in [-0.05, 0) is 37.1 Å². The Labute approximate surface area is 151 Å². The maximum Gasteiger partial charge on any atom is 0.340 e. The Morgan fingerprint density at radius 1 is 1.08 bits per heavy atom. The lowest BCUT2D eigenvalue weighted by Gasteiger charge is -2.10. The second-order valence-corrected chi connectivity index (χ2v) is 6.18. The minimum absolute atomic E-state index is 0.105. The Hall–Kier alpha value is -3.08. The van der Waals surface area contributed by atoms with E-state index in [1.807, 2.05) is 43.3 Å². The monoisotopic (exact) mass is 352 g/mol. The van der Waals surface area contributed by atoms with Crippen LogP contribution in [0.25, 0.3) is 11.0 Å². The third-order valence-electron chi connectivity index (χ3n) is 4.33. The first-order valence-corrected chi connectivity index (χ1v) is 8.29. The number of benzene rings is 2. The zero-order chi connectivity index (χ0) is 18.7. The smallest absolute Gasteiger partial charge is 0.340 e. The predicted octanol–water partition coefficient (Wildman–Crippen LogP) is 3.70. The van der Waals surface area contributed by atoms with E-state index in [4.69, 9.17) is 9.15 Å². The van der Waals surface area contributed by atoms with Gasteiger partial charge in [0.1, 0.15) is 17.9 Å². The lowest BCUT2D eigenvalue weighted by atomic mass is 10.0. The number of hydrogen-bond acceptors (Lipinski definition) is 5. The van der Waals surface area contributed by atoms with Gasteiger partial charge >= 0.3 is 11.6 Å². The number of methoxy groups -OCH3 is 1. The molecule has 3 aromatic rings. The predicted molar refractivity (Wildman–Crippen MR) is 98.5 cm³/mol. The Morgan fingerprint density at radius 2 is 1.81 bits per heavy atom. The Kier molecular flexibility index (Phi) is 5.07. The Bertz CT molecular complexity index is 999. The molecule has 0 aliphatic heterocycles. The summed E-state index contributed by atoms with van der Waals surface area (Å²) in [5, 5.41) is 0.770. The molecule has 0 fully saturated rings. The molecule has 134 valence electrons. The molecular weight excluding hydrogens is 332 g/mol. The summed E-state index contributed by atoms with van der Waals surface area (Å²) in [6.45, 7) is 4.26. The number of carbonyl (C=O) groups excluding carboxylic acids is 1. The molecule has 0 saturated carbocycles. The van der Waals surface area contributed by atoms with Crippen LogP contribution >= 0.6 is 0 Å². The summed E-state index contributed by atoms with van der Waals surface area (Å²) in [6, 6.07) is 13.4. The summed E-state index contributed by atoms with van der Waals surface area (Å²) in [5.41, 5.74) is 3.18. The number of ether oxygens (including phenoxy) is 2. The third kappa shape index (κ3) is 3.77. The molecule has 0 spiro atoms. The molecule has 0 unspecified atom stereocenters. The summed E-state index contributed by atoms with van der Waals surface area (Å²) >= 11 is 0. The van der Waals surface area contributed by atoms with Crippen LogP contribution in [0.15, 0.2) is 51.7 Å². The van der Waals surface area contributed by atoms with Gasteiger partial charge in [-0.3, -0.25) is 4.79 Å². The summed E-state index contributed by atoms with van der Waals surface area (Å²) in [7, 11) is 1.29. The molecular formula is C21H20O5. The highest BCUT2D eigenvalue weighted by Gasteiger charge is 2.15. The van der Waals surface area contributed by atoms with Crippen LogP contribution in [-0.4, -0.2) is 13.1 Å². The molecule has 0 radical (unpaired) electrons. The van der Waals surface area contributed by atoms with Gasteiger partial charge in [-0.2, -0.15) is 0 Å². The highest BCUT2D eigenvalue weighted by Crippen LogP contribution is 2.25. The van der Waals surface area contributed by atoms with E-state index < -0.39 is 11.6 Å². The van der Waals surface area contributed by atoms with Crippen molar-refractivity contribution in [1.29, 1.82) is 0 Å². The zero-order valence-electron chi connectivity index (χ0n) is 15.0. The molecule has 0 aliphatic rings. The van der Waals surface area contributed by atoms with Gasteiger partial charge in [0.25, 0.3) is 0 Å². The van der Waals surface area contributed by atoms with E-state index in [0.717, 1.165) is 10.9 Å². The zero-order valence-corrected chi connectivity index (χ0v) is 15.0. The minimum atomic E-state index is -0.531. The fourth-order valence-corrected chi connectivity index (χ4v) is 2.74. The fourth-order valence-electron chi connectivity index (χ4n) is 2.74. The maximum atomic E-state index is 12.2. The molecule has 0 atom stereocenters. The number of fused-ring (bicyclic) bond motifs is 1. The molecule has 0 N–H and O–H groups in total. The van der Waals surface area contributed by atoms with Crippen LogP contribution in [0.1, 0.15) is 22.3 Å². The molecule has 5 heteroatoms. The second kappa shape index (κ2) is 7.44. The van der Waals surface area contributed by atoms with E-state index in [1.165, 1.54) is 12.7 Å². The van der Waals surface area contributed by atoms with Gasteiger partial charge in [0.2, 0.25) is 0 Å². The van der Waals surface area contributed by atoms with E-state index >= 15 is 0 Å². The van der Waals surface area contributed by atoms with E-state index in [-0.39, 0.29) is 6.42 Å². The Morgan fingerprint density at radius 3 is 2.50 bits per heavy atom. The van der Waals surface area contributed by atoms with Crippen LogP contribution in [0.4, 0.5) is 0 Å². The molecule has 3 rings (SSSR count). The SMILES string of the molecule is COC(=O)Cc1c(C)c2ccc(OCc3ccc(C)cc3)cc2oc1=O. The van der Waals surface area contributed by atoms with Gasteiger partial charge in [0.15, 0.2) is 0 Å². The van der Waals surface area contributed by atoms with Crippen molar-refractivity contribution in [3.8, 4) is 5.75 Å². The normalized spacial score (nSPS) is 10.7. The summed E-state index contributed by atoms with van der Waals surface area (Å²) < 4.78 is 15.8. The molecule has 1 heterocycles. The van der Waals surface area contributed by atoms with Crippen molar-refractivity contribution in [2.45, 2.75) is 26.9 Å². The van der Waals surface area contributed by atoms with E-state index in [2.05, 4.69) is 4.74 Å². The lowest BCUT2D eigenvalue weighted by Crippen LogP contribution is -2.16. The molecule has 0 aliphatic carbocycles. The first kappa shape index (κ1) is 17.7. The van der Waals surface area contributed by atoms with Crippen LogP contribution in [0.2, 0.25) is 0 Å². The van der Waals surface area contributed by atoms with Gasteiger partial charge in [-0.1, -0.05) is 29.8 Å². The van der Waals surface area contributed by atoms with Crippen LogP contribution in [0, 0.1) is 13.8 Å². The van der Waals surface area contributed by atoms with Crippen molar-refractivity contribution in [3.05, 3.63) is 75.1 Å². The minimum Gasteiger partial charge on any atom is -0.489 e. The molecule has 5 nitrogen and oxygen atoms in total. The van der Waals surface area contributed by atoms with Crippen molar-refractivity contribution in [1.82, 2.24) is 0 Å². The van der Waals surface area contributed by atoms with Gasteiger partial charge in [0.05, 0.1) is 19.1 Å². The first-order valence-electron chi connectivity index (χ1n) is 8.29. The topological polar surface area (TPSA) is 65.7 Å². The van der Waals surface area contributed by atoms with Crippen molar-refractivity contribution in [3.63, 3.8) is 0 Å². The molecule has 26 heavy (non-hydrogen) atoms. The highest BCUT2D eigenvalue weighted by atomic mass is 16.5. The molecule has 2 aromatic carbocycles. The van der Waals surface area contributed by atoms with E-state index in [1.54, 1.807) is 13.0 Å². The van der Waals surface area contributed by atoms with Crippen LogP contribution in [0.5, 0.6) is 5.75 Å². The van der Waals surface area contributed by atoms with Gasteiger partial charge in [-0.15, -0.1) is 0 Å². The number of carbonyl (C=O) groups is 1. The number of hydrogen-bond donors (Lipinski definition) is 0. The van der Waals surface area contributed by atoms with Crippen molar-refractivity contribution in [2.24, 2.45) is 0 Å². The van der Waals surface area contributed by atoms with Crippen LogP contribution in [-0.2, 0) is 22.6 Å². The first-order chi connectivity index (χ1) is 12.5. The average molecular weight is 352 g/mol. The summed E-state index contributed by atoms with van der Waals surface area (Å²) in [6.07, 6.45) is -0.105. The van der Waals surface area contributed by atoms with Gasteiger partial charge < -0.3 is 13.9 Å². The van der Waals surface area contributed by atoms with Crippen LogP contribution in [0.3, 0.4) is 0 Å². The number of aryl methyl sites for hydroxylation is 2. The third-order valence-corrected chi connectivity index (χ3v) is 4.33. The lowest BCUT2D eigenvalue weighted by molar-refractivity contribution is -0.139. The summed E-state index contributed by atoms with van der Waals surface area (Å²) in [4.78, 5) is 23.7. The number of rotatable bonds is 5. The van der Waals surface area contributed by atoms with E-state index in [9.17, 15) is 9.59 Å². The van der Waals surface area contributed by atoms with Gasteiger partial charge in [-0.25, -0.2) is 4.79 Å². The largest absolute Gasteiger partial charge is 0.489 e. The van der Waals surface area contributed by atoms with Crippen LogP contribution < -0.4 is 10.4 Å². The summed E-state index contributed by atoms with van der Waals surface area (Å²) in [5.74, 6) is 0.138. The molecule has 0 saturated heterocycles. The molecule has 0 bridgehead atoms. The maximum absolute atomic E-state index is 12.2. The fraction of sp³-hybridized carbons (Fsp3) is 0.238. The quantitative estimate of drug-likeness (QED) is 0.517.